The monoisotopic (exact) mass is 218 g/mol. The number of rotatable bonds is 3. The highest BCUT2D eigenvalue weighted by atomic mass is 16.5. The normalized spacial score (nSPS) is 9.69. The smallest absolute Gasteiger partial charge is 0.329 e. The van der Waals surface area contributed by atoms with Crippen LogP contribution in [0.4, 0.5) is 5.69 Å². The number of hydrogen-bond donors (Lipinski definition) is 0. The van der Waals surface area contributed by atoms with Gasteiger partial charge in [0.05, 0.1) is 6.10 Å². The summed E-state index contributed by atoms with van der Waals surface area (Å²) in [5.74, 6) is 0.161. The highest BCUT2D eigenvalue weighted by Crippen LogP contribution is 2.19. The molecule has 0 aliphatic rings. The van der Waals surface area contributed by atoms with Crippen LogP contribution in [0.1, 0.15) is 13.8 Å². The number of ether oxygens (including phenoxy) is 1. The molecule has 4 heteroatoms. The highest BCUT2D eigenvalue weighted by Gasteiger charge is 2.09. The van der Waals surface area contributed by atoms with Crippen molar-refractivity contribution in [3.05, 3.63) is 24.3 Å². The third-order valence-electron chi connectivity index (χ3n) is 2.00. The number of carbonyl (C=O) groups is 1. The van der Waals surface area contributed by atoms with E-state index in [4.69, 9.17) is 10.00 Å². The molecule has 4 nitrogen and oxygen atoms in total. The first-order valence-electron chi connectivity index (χ1n) is 4.99. The van der Waals surface area contributed by atoms with Crippen LogP contribution < -0.4 is 9.64 Å². The molecule has 0 aliphatic heterocycles. The van der Waals surface area contributed by atoms with Gasteiger partial charge in [-0.1, -0.05) is 0 Å². The fourth-order valence-electron chi connectivity index (χ4n) is 1.21. The number of hydrogen-bond acceptors (Lipinski definition) is 3. The standard InChI is InChI=1S/C12H14N2O2/c1-9(2)16-11-6-4-10(5-7-11)14(3)12(15)8-13/h4-7,9H,1-3H3. The molecule has 16 heavy (non-hydrogen) atoms. The van der Waals surface area contributed by atoms with Crippen molar-refractivity contribution in [3.63, 3.8) is 0 Å². The third-order valence-corrected chi connectivity index (χ3v) is 2.00. The maximum Gasteiger partial charge on any atom is 0.329 e. The second-order valence-corrected chi connectivity index (χ2v) is 3.64. The molecule has 0 aromatic heterocycles. The molecule has 0 saturated heterocycles. The predicted octanol–water partition coefficient (Wildman–Crippen LogP) is 1.96. The van der Waals surface area contributed by atoms with E-state index in [1.165, 1.54) is 4.90 Å². The van der Waals surface area contributed by atoms with E-state index in [0.717, 1.165) is 5.75 Å². The summed E-state index contributed by atoms with van der Waals surface area (Å²) in [6.07, 6.45) is 0.115. The van der Waals surface area contributed by atoms with Gasteiger partial charge in [0.1, 0.15) is 5.75 Å². The van der Waals surface area contributed by atoms with Crippen LogP contribution in [0.15, 0.2) is 24.3 Å². The van der Waals surface area contributed by atoms with Gasteiger partial charge in [-0.05, 0) is 38.1 Å². The van der Waals surface area contributed by atoms with Crippen molar-refractivity contribution in [2.24, 2.45) is 0 Å². The molecule has 0 spiro atoms. The molecule has 0 radical (unpaired) electrons. The number of carbonyl (C=O) groups excluding carboxylic acids is 1. The highest BCUT2D eigenvalue weighted by molar-refractivity contribution is 6.03. The largest absolute Gasteiger partial charge is 0.491 e. The zero-order valence-electron chi connectivity index (χ0n) is 9.60. The second-order valence-electron chi connectivity index (χ2n) is 3.64. The molecule has 0 saturated carbocycles. The summed E-state index contributed by atoms with van der Waals surface area (Å²) in [5, 5.41) is 8.47. The molecule has 1 rings (SSSR count). The van der Waals surface area contributed by atoms with Crippen molar-refractivity contribution in [1.29, 1.82) is 5.26 Å². The van der Waals surface area contributed by atoms with E-state index in [9.17, 15) is 4.79 Å². The topological polar surface area (TPSA) is 53.3 Å². The molecule has 0 aliphatic carbocycles. The Morgan fingerprint density at radius 1 is 1.38 bits per heavy atom. The van der Waals surface area contributed by atoms with Crippen molar-refractivity contribution in [1.82, 2.24) is 0 Å². The molecule has 0 fully saturated rings. The number of nitriles is 1. The zero-order chi connectivity index (χ0) is 12.1. The molecule has 0 N–H and O–H groups in total. The SMILES string of the molecule is CC(C)Oc1ccc(N(C)C(=O)C#N)cc1. The first kappa shape index (κ1) is 12.1. The van der Waals surface area contributed by atoms with Gasteiger partial charge in [-0.2, -0.15) is 5.26 Å². The number of nitrogens with zero attached hydrogens (tertiary/aromatic N) is 2. The summed E-state index contributed by atoms with van der Waals surface area (Å²) >= 11 is 0. The third kappa shape index (κ3) is 2.99. The van der Waals surface area contributed by atoms with Crippen LogP contribution in [0, 0.1) is 11.3 Å². The lowest BCUT2D eigenvalue weighted by Gasteiger charge is -2.14. The van der Waals surface area contributed by atoms with Crippen LogP contribution in [0.25, 0.3) is 0 Å². The Bertz CT molecular complexity index is 404. The van der Waals surface area contributed by atoms with E-state index in [1.807, 2.05) is 13.8 Å². The summed E-state index contributed by atoms with van der Waals surface area (Å²) in [6, 6.07) is 8.60. The van der Waals surface area contributed by atoms with Gasteiger partial charge in [-0.15, -0.1) is 0 Å². The lowest BCUT2D eigenvalue weighted by molar-refractivity contribution is -0.113. The quantitative estimate of drug-likeness (QED) is 0.729. The second kappa shape index (κ2) is 5.17. The summed E-state index contributed by atoms with van der Waals surface area (Å²) < 4.78 is 5.47. The molecule has 1 aromatic rings. The van der Waals surface area contributed by atoms with Gasteiger partial charge in [-0.3, -0.25) is 4.79 Å². The van der Waals surface area contributed by atoms with E-state index in [2.05, 4.69) is 0 Å². The van der Waals surface area contributed by atoms with Gasteiger partial charge in [0.15, 0.2) is 6.07 Å². The van der Waals surface area contributed by atoms with E-state index >= 15 is 0 Å². The van der Waals surface area contributed by atoms with Crippen LogP contribution in [-0.4, -0.2) is 19.1 Å². The number of amides is 1. The van der Waals surface area contributed by atoms with Crippen molar-refractivity contribution in [2.75, 3.05) is 11.9 Å². The predicted molar refractivity (Wildman–Crippen MR) is 61.2 cm³/mol. The van der Waals surface area contributed by atoms with Crippen LogP contribution in [0.3, 0.4) is 0 Å². The summed E-state index contributed by atoms with van der Waals surface area (Å²) in [7, 11) is 1.56. The van der Waals surface area contributed by atoms with Gasteiger partial charge in [0, 0.05) is 12.7 Å². The minimum absolute atomic E-state index is 0.115. The molecule has 0 unspecified atom stereocenters. The zero-order valence-corrected chi connectivity index (χ0v) is 9.60. The van der Waals surface area contributed by atoms with E-state index in [-0.39, 0.29) is 6.10 Å². The number of benzene rings is 1. The Kier molecular flexibility index (Phi) is 3.90. The minimum Gasteiger partial charge on any atom is -0.491 e. The molecule has 1 amide bonds. The molecule has 0 atom stereocenters. The minimum atomic E-state index is -0.586. The summed E-state index contributed by atoms with van der Waals surface area (Å²) in [5.41, 5.74) is 0.669. The average molecular weight is 218 g/mol. The Hall–Kier alpha value is -2.02. The fraction of sp³-hybridized carbons (Fsp3) is 0.333. The molecule has 84 valence electrons. The average Bonchev–Trinajstić information content (AvgIpc) is 2.27. The van der Waals surface area contributed by atoms with Crippen molar-refractivity contribution in [3.8, 4) is 11.8 Å². The van der Waals surface area contributed by atoms with Crippen molar-refractivity contribution < 1.29 is 9.53 Å². The van der Waals surface area contributed by atoms with E-state index in [1.54, 1.807) is 37.4 Å². The Morgan fingerprint density at radius 3 is 2.38 bits per heavy atom. The fourth-order valence-corrected chi connectivity index (χ4v) is 1.21. The Morgan fingerprint density at radius 2 is 1.94 bits per heavy atom. The Balaban J connectivity index is 2.79. The van der Waals surface area contributed by atoms with Gasteiger partial charge in [-0.25, -0.2) is 0 Å². The molecule has 0 bridgehead atoms. The molecule has 0 heterocycles. The van der Waals surface area contributed by atoms with Crippen molar-refractivity contribution in [2.45, 2.75) is 20.0 Å². The maximum atomic E-state index is 11.1. The lowest BCUT2D eigenvalue weighted by Crippen LogP contribution is -2.24. The first-order chi connectivity index (χ1) is 7.54. The summed E-state index contributed by atoms with van der Waals surface area (Å²) in [6.45, 7) is 3.89. The molecular weight excluding hydrogens is 204 g/mol. The molecular formula is C12H14N2O2. The number of anilines is 1. The van der Waals surface area contributed by atoms with Gasteiger partial charge >= 0.3 is 5.91 Å². The summed E-state index contributed by atoms with van der Waals surface area (Å²) in [4.78, 5) is 12.4. The molecule has 1 aromatic carbocycles. The van der Waals surface area contributed by atoms with Crippen molar-refractivity contribution >= 4 is 11.6 Å². The van der Waals surface area contributed by atoms with E-state index < -0.39 is 5.91 Å². The van der Waals surface area contributed by atoms with Gasteiger partial charge in [0.25, 0.3) is 0 Å². The maximum absolute atomic E-state index is 11.1. The first-order valence-corrected chi connectivity index (χ1v) is 4.99. The van der Waals surface area contributed by atoms with Gasteiger partial charge < -0.3 is 9.64 Å². The van der Waals surface area contributed by atoms with Gasteiger partial charge in [0.2, 0.25) is 0 Å². The van der Waals surface area contributed by atoms with Crippen LogP contribution in [-0.2, 0) is 4.79 Å². The van der Waals surface area contributed by atoms with E-state index in [0.29, 0.717) is 5.69 Å². The lowest BCUT2D eigenvalue weighted by atomic mass is 10.2. The van der Waals surface area contributed by atoms with Crippen LogP contribution in [0.2, 0.25) is 0 Å². The van der Waals surface area contributed by atoms with Crippen LogP contribution >= 0.6 is 0 Å². The van der Waals surface area contributed by atoms with Crippen LogP contribution in [0.5, 0.6) is 5.75 Å². The Labute approximate surface area is 95.0 Å².